The van der Waals surface area contributed by atoms with Gasteiger partial charge < -0.3 is 14.8 Å². The third-order valence-electron chi connectivity index (χ3n) is 3.12. The Kier molecular flexibility index (Phi) is 6.17. The Morgan fingerprint density at radius 1 is 1.30 bits per heavy atom. The van der Waals surface area contributed by atoms with Crippen LogP contribution in [0.4, 0.5) is 0 Å². The van der Waals surface area contributed by atoms with Crippen molar-refractivity contribution in [2.45, 2.75) is 13.5 Å². The van der Waals surface area contributed by atoms with Crippen molar-refractivity contribution >= 4 is 12.0 Å². The first kappa shape index (κ1) is 16.5. The van der Waals surface area contributed by atoms with Gasteiger partial charge in [0.1, 0.15) is 0 Å². The van der Waals surface area contributed by atoms with E-state index in [2.05, 4.69) is 10.3 Å². The van der Waals surface area contributed by atoms with Crippen molar-refractivity contribution in [1.82, 2.24) is 10.3 Å². The Labute approximate surface area is 136 Å². The molecule has 0 radical (unpaired) electrons. The fraction of sp³-hybridized carbons (Fsp3) is 0.222. The summed E-state index contributed by atoms with van der Waals surface area (Å²) >= 11 is 0. The topological polar surface area (TPSA) is 60.5 Å². The lowest BCUT2D eigenvalue weighted by Crippen LogP contribution is -2.28. The molecule has 1 N–H and O–H groups in total. The van der Waals surface area contributed by atoms with E-state index in [9.17, 15) is 4.79 Å². The summed E-state index contributed by atoms with van der Waals surface area (Å²) in [5.74, 6) is 0.936. The van der Waals surface area contributed by atoms with Gasteiger partial charge in [0.2, 0.25) is 0 Å². The number of benzene rings is 1. The van der Waals surface area contributed by atoms with E-state index in [-0.39, 0.29) is 12.5 Å². The number of nitrogens with zero attached hydrogens (tertiary/aromatic N) is 1. The molecular weight excluding hydrogens is 292 g/mol. The van der Waals surface area contributed by atoms with Crippen LogP contribution in [0.25, 0.3) is 6.08 Å². The quantitative estimate of drug-likeness (QED) is 0.854. The van der Waals surface area contributed by atoms with Gasteiger partial charge in [0, 0.05) is 18.9 Å². The van der Waals surface area contributed by atoms with Gasteiger partial charge in [0.15, 0.2) is 18.1 Å². The molecule has 0 atom stereocenters. The number of hydrogen-bond acceptors (Lipinski definition) is 4. The number of allylic oxidation sites excluding steroid dienone is 1. The predicted octanol–water partition coefficient (Wildman–Crippen LogP) is 2.82. The van der Waals surface area contributed by atoms with Crippen molar-refractivity contribution in [3.63, 3.8) is 0 Å². The fourth-order valence-electron chi connectivity index (χ4n) is 2.00. The Balaban J connectivity index is 1.88. The molecule has 0 saturated heterocycles. The predicted molar refractivity (Wildman–Crippen MR) is 89.3 cm³/mol. The second kappa shape index (κ2) is 8.58. The molecule has 0 aliphatic carbocycles. The van der Waals surface area contributed by atoms with Crippen LogP contribution < -0.4 is 14.8 Å². The number of methoxy groups -OCH3 is 1. The zero-order valence-electron chi connectivity index (χ0n) is 13.3. The van der Waals surface area contributed by atoms with E-state index >= 15 is 0 Å². The minimum absolute atomic E-state index is 0.0699. The normalized spacial score (nSPS) is 10.5. The molecule has 1 aromatic carbocycles. The summed E-state index contributed by atoms with van der Waals surface area (Å²) < 4.78 is 10.8. The average molecular weight is 312 g/mol. The van der Waals surface area contributed by atoms with Crippen molar-refractivity contribution in [2.75, 3.05) is 13.7 Å². The van der Waals surface area contributed by atoms with Crippen LogP contribution in [-0.2, 0) is 11.3 Å². The lowest BCUT2D eigenvalue weighted by molar-refractivity contribution is -0.123. The number of hydrogen-bond donors (Lipinski definition) is 1. The highest BCUT2D eigenvalue weighted by Gasteiger charge is 2.08. The van der Waals surface area contributed by atoms with Gasteiger partial charge >= 0.3 is 0 Å². The minimum atomic E-state index is -0.201. The standard InChI is InChI=1S/C18H20N2O3/c1-3-5-14-7-8-16(17(10-14)22-2)23-13-18(21)20-12-15-6-4-9-19-11-15/h3-11H,12-13H2,1-2H3,(H,20,21)/b5-3-. The van der Waals surface area contributed by atoms with Crippen molar-refractivity contribution in [3.05, 3.63) is 59.9 Å². The van der Waals surface area contributed by atoms with E-state index in [1.54, 1.807) is 25.6 Å². The van der Waals surface area contributed by atoms with Crippen LogP contribution >= 0.6 is 0 Å². The first-order valence-corrected chi connectivity index (χ1v) is 7.32. The van der Waals surface area contributed by atoms with Crippen molar-refractivity contribution in [1.29, 1.82) is 0 Å². The maximum Gasteiger partial charge on any atom is 0.258 e. The lowest BCUT2D eigenvalue weighted by atomic mass is 10.2. The van der Waals surface area contributed by atoms with Crippen LogP contribution in [0.2, 0.25) is 0 Å². The highest BCUT2D eigenvalue weighted by Crippen LogP contribution is 2.28. The number of amides is 1. The van der Waals surface area contributed by atoms with Gasteiger partial charge in [0.05, 0.1) is 7.11 Å². The number of carbonyl (C=O) groups is 1. The van der Waals surface area contributed by atoms with Gasteiger partial charge in [-0.05, 0) is 36.2 Å². The highest BCUT2D eigenvalue weighted by molar-refractivity contribution is 5.77. The smallest absolute Gasteiger partial charge is 0.258 e. The van der Waals surface area contributed by atoms with Crippen LogP contribution in [0, 0.1) is 0 Å². The molecule has 0 spiro atoms. The molecule has 23 heavy (non-hydrogen) atoms. The van der Waals surface area contributed by atoms with E-state index in [4.69, 9.17) is 9.47 Å². The van der Waals surface area contributed by atoms with Gasteiger partial charge in [0.25, 0.3) is 5.91 Å². The molecule has 120 valence electrons. The Bertz CT molecular complexity index is 669. The molecule has 2 rings (SSSR count). The third kappa shape index (κ3) is 5.14. The molecule has 2 aromatic rings. The lowest BCUT2D eigenvalue weighted by Gasteiger charge is -2.11. The van der Waals surface area contributed by atoms with Crippen LogP contribution in [0.5, 0.6) is 11.5 Å². The molecule has 5 heteroatoms. The molecule has 0 fully saturated rings. The van der Waals surface area contributed by atoms with Gasteiger partial charge in [-0.1, -0.05) is 24.3 Å². The molecule has 5 nitrogen and oxygen atoms in total. The maximum atomic E-state index is 11.9. The third-order valence-corrected chi connectivity index (χ3v) is 3.12. The summed E-state index contributed by atoms with van der Waals surface area (Å²) in [7, 11) is 1.57. The average Bonchev–Trinajstić information content (AvgIpc) is 2.59. The number of aromatic nitrogens is 1. The van der Waals surface area contributed by atoms with Crippen molar-refractivity contribution < 1.29 is 14.3 Å². The molecule has 0 unspecified atom stereocenters. The molecule has 0 aliphatic heterocycles. The van der Waals surface area contributed by atoms with Crippen LogP contribution in [0.1, 0.15) is 18.1 Å². The van der Waals surface area contributed by atoms with E-state index in [0.29, 0.717) is 18.0 Å². The molecule has 1 aromatic heterocycles. The molecule has 1 heterocycles. The fourth-order valence-corrected chi connectivity index (χ4v) is 2.00. The number of rotatable bonds is 7. The first-order valence-electron chi connectivity index (χ1n) is 7.32. The first-order chi connectivity index (χ1) is 11.2. The monoisotopic (exact) mass is 312 g/mol. The van der Waals surface area contributed by atoms with Gasteiger partial charge in [-0.15, -0.1) is 0 Å². The van der Waals surface area contributed by atoms with Crippen LogP contribution in [0.15, 0.2) is 48.8 Å². The van der Waals surface area contributed by atoms with E-state index < -0.39 is 0 Å². The minimum Gasteiger partial charge on any atom is -0.493 e. The number of ether oxygens (including phenoxy) is 2. The summed E-state index contributed by atoms with van der Waals surface area (Å²) in [5, 5.41) is 2.78. The second-order valence-electron chi connectivity index (χ2n) is 4.84. The Morgan fingerprint density at radius 3 is 2.87 bits per heavy atom. The van der Waals surface area contributed by atoms with Crippen molar-refractivity contribution in [2.24, 2.45) is 0 Å². The SMILES string of the molecule is C/C=C\c1ccc(OCC(=O)NCc2cccnc2)c(OC)c1. The maximum absolute atomic E-state index is 11.9. The van der Waals surface area contributed by atoms with Gasteiger partial charge in [-0.3, -0.25) is 9.78 Å². The summed E-state index contributed by atoms with van der Waals surface area (Å²) in [6, 6.07) is 9.29. The second-order valence-corrected chi connectivity index (χ2v) is 4.84. The van der Waals surface area contributed by atoms with Gasteiger partial charge in [-0.2, -0.15) is 0 Å². The molecule has 1 amide bonds. The number of pyridine rings is 1. The largest absolute Gasteiger partial charge is 0.493 e. The highest BCUT2D eigenvalue weighted by atomic mass is 16.5. The Hall–Kier alpha value is -2.82. The van der Waals surface area contributed by atoms with E-state index in [1.807, 2.05) is 43.3 Å². The summed E-state index contributed by atoms with van der Waals surface area (Å²) in [6.07, 6.45) is 7.32. The molecule has 0 saturated carbocycles. The van der Waals surface area contributed by atoms with Crippen LogP contribution in [0.3, 0.4) is 0 Å². The number of carbonyl (C=O) groups excluding carboxylic acids is 1. The van der Waals surface area contributed by atoms with E-state index in [1.165, 1.54) is 0 Å². The zero-order chi connectivity index (χ0) is 16.5. The zero-order valence-corrected chi connectivity index (χ0v) is 13.3. The summed E-state index contributed by atoms with van der Waals surface area (Å²) in [4.78, 5) is 15.8. The summed E-state index contributed by atoms with van der Waals surface area (Å²) in [6.45, 7) is 2.30. The van der Waals surface area contributed by atoms with Crippen molar-refractivity contribution in [3.8, 4) is 11.5 Å². The molecule has 0 bridgehead atoms. The van der Waals surface area contributed by atoms with Gasteiger partial charge in [-0.25, -0.2) is 0 Å². The van der Waals surface area contributed by atoms with Crippen LogP contribution in [-0.4, -0.2) is 24.6 Å². The Morgan fingerprint density at radius 2 is 2.17 bits per heavy atom. The summed E-state index contributed by atoms with van der Waals surface area (Å²) in [5.41, 5.74) is 1.95. The molecular formula is C18H20N2O3. The molecule has 0 aliphatic rings. The number of nitrogens with one attached hydrogen (secondary N) is 1. The van der Waals surface area contributed by atoms with E-state index in [0.717, 1.165) is 11.1 Å².